The fraction of sp³-hybridized carbons (Fsp3) is 0.600. The summed E-state index contributed by atoms with van der Waals surface area (Å²) >= 11 is 0. The second-order valence-electron chi connectivity index (χ2n) is 9.77. The molecule has 0 heterocycles. The van der Waals surface area contributed by atoms with Crippen LogP contribution in [0.4, 0.5) is 0 Å². The Kier molecular flexibility index (Phi) is 6.10. The summed E-state index contributed by atoms with van der Waals surface area (Å²) in [5, 5.41) is 0. The van der Waals surface area contributed by atoms with Crippen LogP contribution in [0.1, 0.15) is 91.3 Å². The zero-order valence-corrected chi connectivity index (χ0v) is 18.4. The van der Waals surface area contributed by atoms with Crippen molar-refractivity contribution in [3.05, 3.63) is 52.6 Å². The van der Waals surface area contributed by atoms with Gasteiger partial charge in [-0.2, -0.15) is 0 Å². The lowest BCUT2D eigenvalue weighted by Crippen LogP contribution is -2.19. The van der Waals surface area contributed by atoms with Gasteiger partial charge >= 0.3 is 0 Å². The molecule has 2 rings (SSSR count). The van der Waals surface area contributed by atoms with E-state index in [1.54, 1.807) is 0 Å². The molecular weight excluding hydrogens is 316 g/mol. The molecule has 0 N–H and O–H groups in total. The van der Waals surface area contributed by atoms with Gasteiger partial charge in [-0.1, -0.05) is 77.5 Å². The summed E-state index contributed by atoms with van der Waals surface area (Å²) in [4.78, 5) is 0. The van der Waals surface area contributed by atoms with Gasteiger partial charge in [0.1, 0.15) is 5.75 Å². The minimum atomic E-state index is 0.0717. The van der Waals surface area contributed by atoms with Crippen molar-refractivity contribution in [2.45, 2.75) is 85.5 Å². The Morgan fingerprint density at radius 1 is 1.12 bits per heavy atom. The summed E-state index contributed by atoms with van der Waals surface area (Å²) in [6, 6.07) is 4.80. The van der Waals surface area contributed by atoms with Gasteiger partial charge in [-0.3, -0.25) is 0 Å². The molecule has 0 radical (unpaired) electrons. The van der Waals surface area contributed by atoms with E-state index >= 15 is 0 Å². The molecule has 2 unspecified atom stereocenters. The minimum Gasteiger partial charge on any atom is -0.493 e. The maximum absolute atomic E-state index is 6.22. The molecule has 1 aliphatic carbocycles. The van der Waals surface area contributed by atoms with E-state index in [0.29, 0.717) is 11.8 Å². The van der Waals surface area contributed by atoms with Gasteiger partial charge in [0.25, 0.3) is 0 Å². The summed E-state index contributed by atoms with van der Waals surface area (Å²) in [5.41, 5.74) is 5.72. The predicted octanol–water partition coefficient (Wildman–Crippen LogP) is 7.31. The lowest BCUT2D eigenvalue weighted by Gasteiger charge is -2.29. The molecule has 1 nitrogen and oxygen atoms in total. The molecule has 1 aromatic rings. The van der Waals surface area contributed by atoms with Crippen LogP contribution >= 0.6 is 0 Å². The van der Waals surface area contributed by atoms with Gasteiger partial charge in [0.15, 0.2) is 0 Å². The topological polar surface area (TPSA) is 9.23 Å². The molecule has 26 heavy (non-hydrogen) atoms. The highest BCUT2D eigenvalue weighted by Gasteiger charge is 2.40. The van der Waals surface area contributed by atoms with E-state index in [9.17, 15) is 0 Å². The third-order valence-corrected chi connectivity index (χ3v) is 5.38. The number of allylic oxidation sites excluding steroid dienone is 4. The highest BCUT2D eigenvalue weighted by atomic mass is 16.5. The van der Waals surface area contributed by atoms with Crippen LogP contribution in [0.5, 0.6) is 5.75 Å². The molecule has 1 saturated carbocycles. The second-order valence-corrected chi connectivity index (χ2v) is 9.77. The standard InChI is InChI=1S/C25H38O/c1-10-17(3)12-13-18-14-20(18)21-15-19(24(4,5)6)16-22(25(7,8)9)23(21)26-11-2/h10,12-13,15-16,18,20H,11,14H2,1-9H3/b13-12+,17-10+. The smallest absolute Gasteiger partial charge is 0.126 e. The average molecular weight is 355 g/mol. The van der Waals surface area contributed by atoms with Crippen molar-refractivity contribution < 1.29 is 4.74 Å². The lowest BCUT2D eigenvalue weighted by molar-refractivity contribution is 0.325. The van der Waals surface area contributed by atoms with Crippen LogP contribution in [0.15, 0.2) is 35.9 Å². The van der Waals surface area contributed by atoms with Crippen molar-refractivity contribution in [2.24, 2.45) is 5.92 Å². The summed E-state index contributed by atoms with van der Waals surface area (Å²) in [5.74, 6) is 2.35. The summed E-state index contributed by atoms with van der Waals surface area (Å²) in [6.07, 6.45) is 8.04. The maximum atomic E-state index is 6.22. The van der Waals surface area contributed by atoms with E-state index in [4.69, 9.17) is 4.74 Å². The summed E-state index contributed by atoms with van der Waals surface area (Å²) in [6.45, 7) is 20.9. The van der Waals surface area contributed by atoms with E-state index in [-0.39, 0.29) is 10.8 Å². The van der Waals surface area contributed by atoms with Crippen molar-refractivity contribution in [1.82, 2.24) is 0 Å². The van der Waals surface area contributed by atoms with Crippen LogP contribution in [-0.4, -0.2) is 6.61 Å². The van der Waals surface area contributed by atoms with Gasteiger partial charge in [-0.15, -0.1) is 0 Å². The normalized spacial score (nSPS) is 21.3. The molecule has 2 atom stereocenters. The van der Waals surface area contributed by atoms with E-state index in [0.717, 1.165) is 12.4 Å². The quantitative estimate of drug-likeness (QED) is 0.504. The van der Waals surface area contributed by atoms with Gasteiger partial charge in [0.05, 0.1) is 6.61 Å². The van der Waals surface area contributed by atoms with Crippen LogP contribution in [0.3, 0.4) is 0 Å². The Morgan fingerprint density at radius 2 is 1.77 bits per heavy atom. The summed E-state index contributed by atoms with van der Waals surface area (Å²) < 4.78 is 6.22. The number of ether oxygens (including phenoxy) is 1. The Bertz CT molecular complexity index is 692. The first-order valence-corrected chi connectivity index (χ1v) is 10.1. The largest absolute Gasteiger partial charge is 0.493 e. The van der Waals surface area contributed by atoms with Gasteiger partial charge in [-0.25, -0.2) is 0 Å². The van der Waals surface area contributed by atoms with Gasteiger partial charge < -0.3 is 4.74 Å². The molecule has 1 aromatic carbocycles. The second kappa shape index (κ2) is 7.62. The van der Waals surface area contributed by atoms with E-state index < -0.39 is 0 Å². The highest BCUT2D eigenvalue weighted by Crippen LogP contribution is 2.54. The Morgan fingerprint density at radius 3 is 2.27 bits per heavy atom. The molecule has 0 amide bonds. The Hall–Kier alpha value is -1.50. The maximum Gasteiger partial charge on any atom is 0.126 e. The fourth-order valence-corrected chi connectivity index (χ4v) is 3.38. The molecule has 0 aromatic heterocycles. The first kappa shape index (κ1) is 20.8. The number of rotatable bonds is 5. The van der Waals surface area contributed by atoms with Crippen molar-refractivity contribution in [3.8, 4) is 5.75 Å². The number of benzene rings is 1. The molecule has 1 fully saturated rings. The molecule has 0 aliphatic heterocycles. The Labute approximate surface area is 161 Å². The number of hydrogen-bond donors (Lipinski definition) is 0. The molecule has 144 valence electrons. The monoisotopic (exact) mass is 354 g/mol. The van der Waals surface area contributed by atoms with Gasteiger partial charge in [0.2, 0.25) is 0 Å². The molecule has 0 spiro atoms. The minimum absolute atomic E-state index is 0.0717. The molecule has 1 heteroatoms. The van der Waals surface area contributed by atoms with Crippen LogP contribution in [0.2, 0.25) is 0 Å². The molecule has 0 bridgehead atoms. The Balaban J connectivity index is 2.52. The van der Waals surface area contributed by atoms with E-state index in [1.807, 2.05) is 0 Å². The summed E-state index contributed by atoms with van der Waals surface area (Å²) in [7, 11) is 0. The van der Waals surface area contributed by atoms with Crippen molar-refractivity contribution in [3.63, 3.8) is 0 Å². The van der Waals surface area contributed by atoms with Crippen LogP contribution in [0.25, 0.3) is 0 Å². The van der Waals surface area contributed by atoms with Crippen LogP contribution < -0.4 is 4.74 Å². The molecule has 1 aliphatic rings. The number of hydrogen-bond acceptors (Lipinski definition) is 1. The SMILES string of the molecule is C/C=C(C)/C=C/C1CC1c1cc(C(C)(C)C)cc(C(C)(C)C)c1OCC. The van der Waals surface area contributed by atoms with Gasteiger partial charge in [-0.05, 0) is 61.0 Å². The zero-order valence-electron chi connectivity index (χ0n) is 18.4. The third-order valence-electron chi connectivity index (χ3n) is 5.38. The fourth-order valence-electron chi connectivity index (χ4n) is 3.38. The first-order valence-electron chi connectivity index (χ1n) is 10.1. The van der Waals surface area contributed by atoms with E-state index in [2.05, 4.69) is 92.7 Å². The van der Waals surface area contributed by atoms with Gasteiger partial charge in [0, 0.05) is 5.56 Å². The van der Waals surface area contributed by atoms with Crippen LogP contribution in [0, 0.1) is 5.92 Å². The highest BCUT2D eigenvalue weighted by molar-refractivity contribution is 5.53. The first-order chi connectivity index (χ1) is 12.0. The van der Waals surface area contributed by atoms with Crippen molar-refractivity contribution in [2.75, 3.05) is 6.61 Å². The molecule has 0 saturated heterocycles. The predicted molar refractivity (Wildman–Crippen MR) is 114 cm³/mol. The molecular formula is C25H38O. The lowest BCUT2D eigenvalue weighted by atomic mass is 9.78. The third kappa shape index (κ3) is 4.81. The zero-order chi connectivity index (χ0) is 19.7. The van der Waals surface area contributed by atoms with E-state index in [1.165, 1.54) is 28.7 Å². The van der Waals surface area contributed by atoms with Crippen molar-refractivity contribution in [1.29, 1.82) is 0 Å². The van der Waals surface area contributed by atoms with Crippen molar-refractivity contribution >= 4 is 0 Å². The average Bonchev–Trinajstić information content (AvgIpc) is 3.30. The van der Waals surface area contributed by atoms with Crippen LogP contribution in [-0.2, 0) is 10.8 Å².